The van der Waals surface area contributed by atoms with Gasteiger partial charge in [-0.3, -0.25) is 0 Å². The Morgan fingerprint density at radius 1 is 1.47 bits per heavy atom. The zero-order valence-corrected chi connectivity index (χ0v) is 11.6. The molecule has 3 heteroatoms. The lowest BCUT2D eigenvalue weighted by molar-refractivity contribution is 0.394. The van der Waals surface area contributed by atoms with Crippen LogP contribution in [0.3, 0.4) is 0 Å². The third-order valence-electron chi connectivity index (χ3n) is 3.49. The van der Waals surface area contributed by atoms with Crippen LogP contribution in [0, 0.1) is 5.92 Å². The summed E-state index contributed by atoms with van der Waals surface area (Å²) in [4.78, 5) is 4.35. The highest BCUT2D eigenvalue weighted by atomic mass is 32.2. The van der Waals surface area contributed by atoms with Crippen LogP contribution in [0.1, 0.15) is 38.2 Å². The third-order valence-corrected chi connectivity index (χ3v) is 4.87. The van der Waals surface area contributed by atoms with Crippen molar-refractivity contribution in [1.29, 1.82) is 0 Å². The quantitative estimate of drug-likeness (QED) is 0.876. The van der Waals surface area contributed by atoms with Crippen molar-refractivity contribution >= 4 is 17.6 Å². The zero-order valence-electron chi connectivity index (χ0n) is 10.8. The fourth-order valence-electron chi connectivity index (χ4n) is 2.52. The van der Waals surface area contributed by atoms with Crippen LogP contribution in [0.15, 0.2) is 18.3 Å². The molecule has 1 N–H and O–H groups in total. The van der Waals surface area contributed by atoms with Crippen molar-refractivity contribution in [3.8, 4) is 0 Å². The molecule has 0 aromatic carbocycles. The summed E-state index contributed by atoms with van der Waals surface area (Å²) in [6.07, 6.45) is 7.46. The van der Waals surface area contributed by atoms with Crippen molar-refractivity contribution in [1.82, 2.24) is 4.98 Å². The Bertz CT molecular complexity index is 354. The van der Waals surface area contributed by atoms with Crippen LogP contribution in [0.2, 0.25) is 0 Å². The smallest absolute Gasteiger partial charge is 0.129 e. The Morgan fingerprint density at radius 3 is 3.12 bits per heavy atom. The number of nitrogens with one attached hydrogen (secondary N) is 1. The fraction of sp³-hybridized carbons (Fsp3) is 0.643. The van der Waals surface area contributed by atoms with Gasteiger partial charge in [0.2, 0.25) is 0 Å². The van der Waals surface area contributed by atoms with Gasteiger partial charge in [0.1, 0.15) is 5.82 Å². The Kier molecular flexibility index (Phi) is 4.72. The molecule has 0 bridgehead atoms. The van der Waals surface area contributed by atoms with E-state index in [0.717, 1.165) is 22.7 Å². The highest BCUT2D eigenvalue weighted by molar-refractivity contribution is 7.99. The summed E-state index contributed by atoms with van der Waals surface area (Å²) < 4.78 is 0. The van der Waals surface area contributed by atoms with Gasteiger partial charge in [-0.05, 0) is 24.8 Å². The standard InChI is InChI=1S/C14H22N2S/c1-11-5-3-7-13(9-11)17-10-12-6-4-8-16-14(12)15-2/h4,6,8,11,13H,3,5,7,9-10H2,1-2H3,(H,15,16). The molecular formula is C14H22N2S. The second-order valence-electron chi connectivity index (χ2n) is 4.97. The maximum Gasteiger partial charge on any atom is 0.129 e. The highest BCUT2D eigenvalue weighted by Gasteiger charge is 2.19. The monoisotopic (exact) mass is 250 g/mol. The molecule has 0 aliphatic heterocycles. The maximum absolute atomic E-state index is 4.35. The Morgan fingerprint density at radius 2 is 2.35 bits per heavy atom. The molecule has 1 aromatic heterocycles. The predicted molar refractivity (Wildman–Crippen MR) is 76.5 cm³/mol. The normalized spacial score (nSPS) is 24.6. The first-order valence-corrected chi connectivity index (χ1v) is 7.57. The number of rotatable bonds is 4. The number of pyridine rings is 1. The van der Waals surface area contributed by atoms with E-state index in [1.165, 1.54) is 31.2 Å². The van der Waals surface area contributed by atoms with Crippen LogP contribution < -0.4 is 5.32 Å². The van der Waals surface area contributed by atoms with Gasteiger partial charge >= 0.3 is 0 Å². The van der Waals surface area contributed by atoms with Crippen LogP contribution in [0.4, 0.5) is 5.82 Å². The molecule has 1 heterocycles. The highest BCUT2D eigenvalue weighted by Crippen LogP contribution is 2.34. The van der Waals surface area contributed by atoms with Crippen molar-refractivity contribution in [3.63, 3.8) is 0 Å². The Balaban J connectivity index is 1.88. The molecule has 1 fully saturated rings. The van der Waals surface area contributed by atoms with Gasteiger partial charge in [-0.15, -0.1) is 0 Å². The van der Waals surface area contributed by atoms with Gasteiger partial charge < -0.3 is 5.32 Å². The van der Waals surface area contributed by atoms with Crippen molar-refractivity contribution < 1.29 is 0 Å². The first kappa shape index (κ1) is 12.7. The van der Waals surface area contributed by atoms with E-state index in [2.05, 4.69) is 35.1 Å². The largest absolute Gasteiger partial charge is 0.373 e. The minimum atomic E-state index is 0.851. The minimum Gasteiger partial charge on any atom is -0.373 e. The van der Waals surface area contributed by atoms with Gasteiger partial charge in [0.05, 0.1) is 0 Å². The van der Waals surface area contributed by atoms with E-state index >= 15 is 0 Å². The zero-order chi connectivity index (χ0) is 12.1. The average Bonchev–Trinajstić information content (AvgIpc) is 2.37. The first-order valence-electron chi connectivity index (χ1n) is 6.53. The number of hydrogen-bond donors (Lipinski definition) is 1. The fourth-order valence-corrected chi connectivity index (χ4v) is 3.96. The van der Waals surface area contributed by atoms with E-state index in [-0.39, 0.29) is 0 Å². The van der Waals surface area contributed by atoms with Gasteiger partial charge in [0, 0.05) is 29.8 Å². The molecule has 2 unspecified atom stereocenters. The molecular weight excluding hydrogens is 228 g/mol. The second kappa shape index (κ2) is 6.29. The Labute approximate surface area is 109 Å². The summed E-state index contributed by atoms with van der Waals surface area (Å²) in [5.74, 6) is 3.03. The lowest BCUT2D eigenvalue weighted by Crippen LogP contribution is -2.15. The molecule has 2 atom stereocenters. The van der Waals surface area contributed by atoms with Crippen LogP contribution in [-0.2, 0) is 5.75 Å². The molecule has 2 nitrogen and oxygen atoms in total. The molecule has 94 valence electrons. The van der Waals surface area contributed by atoms with E-state index in [1.54, 1.807) is 0 Å². The first-order chi connectivity index (χ1) is 8.29. The summed E-state index contributed by atoms with van der Waals surface area (Å²) in [7, 11) is 1.94. The van der Waals surface area contributed by atoms with Gasteiger partial charge in [-0.25, -0.2) is 4.98 Å². The lowest BCUT2D eigenvalue weighted by atomic mass is 9.91. The van der Waals surface area contributed by atoms with Crippen molar-refractivity contribution in [2.45, 2.75) is 43.6 Å². The van der Waals surface area contributed by atoms with Crippen LogP contribution in [0.5, 0.6) is 0 Å². The summed E-state index contributed by atoms with van der Waals surface area (Å²) in [5.41, 5.74) is 1.33. The van der Waals surface area contributed by atoms with Crippen molar-refractivity contribution in [3.05, 3.63) is 23.9 Å². The summed E-state index contributed by atoms with van der Waals surface area (Å²) in [6.45, 7) is 2.38. The molecule has 1 aromatic rings. The number of anilines is 1. The van der Waals surface area contributed by atoms with Gasteiger partial charge in [0.25, 0.3) is 0 Å². The molecule has 1 saturated carbocycles. The Hall–Kier alpha value is -0.700. The van der Waals surface area contributed by atoms with E-state index < -0.39 is 0 Å². The lowest BCUT2D eigenvalue weighted by Gasteiger charge is -2.26. The van der Waals surface area contributed by atoms with Gasteiger partial charge in [0.15, 0.2) is 0 Å². The van der Waals surface area contributed by atoms with E-state index in [4.69, 9.17) is 0 Å². The van der Waals surface area contributed by atoms with E-state index in [9.17, 15) is 0 Å². The van der Waals surface area contributed by atoms with Gasteiger partial charge in [-0.1, -0.05) is 25.8 Å². The molecule has 0 spiro atoms. The summed E-state index contributed by atoms with van der Waals surface area (Å²) >= 11 is 2.10. The average molecular weight is 250 g/mol. The summed E-state index contributed by atoms with van der Waals surface area (Å²) in [5, 5.41) is 4.02. The predicted octanol–water partition coefficient (Wildman–Crippen LogP) is 3.94. The van der Waals surface area contributed by atoms with Crippen LogP contribution in [-0.4, -0.2) is 17.3 Å². The molecule has 17 heavy (non-hydrogen) atoms. The van der Waals surface area contributed by atoms with Crippen LogP contribution >= 0.6 is 11.8 Å². The SMILES string of the molecule is CNc1ncccc1CSC1CCCC(C)C1. The number of nitrogens with zero attached hydrogens (tertiary/aromatic N) is 1. The van der Waals surface area contributed by atoms with E-state index in [1.807, 2.05) is 19.3 Å². The molecule has 0 amide bonds. The molecule has 0 radical (unpaired) electrons. The second-order valence-corrected chi connectivity index (χ2v) is 6.25. The third kappa shape index (κ3) is 3.63. The number of thioether (sulfide) groups is 1. The van der Waals surface area contributed by atoms with Crippen LogP contribution in [0.25, 0.3) is 0 Å². The summed E-state index contributed by atoms with van der Waals surface area (Å²) in [6, 6.07) is 4.21. The number of aromatic nitrogens is 1. The molecule has 1 aliphatic carbocycles. The molecule has 0 saturated heterocycles. The van der Waals surface area contributed by atoms with E-state index in [0.29, 0.717) is 0 Å². The topological polar surface area (TPSA) is 24.9 Å². The van der Waals surface area contributed by atoms with Crippen molar-refractivity contribution in [2.75, 3.05) is 12.4 Å². The van der Waals surface area contributed by atoms with Crippen molar-refractivity contribution in [2.24, 2.45) is 5.92 Å². The maximum atomic E-state index is 4.35. The number of hydrogen-bond acceptors (Lipinski definition) is 3. The van der Waals surface area contributed by atoms with Gasteiger partial charge in [-0.2, -0.15) is 11.8 Å². The molecule has 2 rings (SSSR count). The minimum absolute atomic E-state index is 0.851. The molecule has 1 aliphatic rings.